The second-order valence-electron chi connectivity index (χ2n) is 6.61. The Balaban J connectivity index is 1.72. The number of benzene rings is 1. The molecule has 132 valence electrons. The van der Waals surface area contributed by atoms with Crippen molar-refractivity contribution >= 4 is 5.96 Å². The van der Waals surface area contributed by atoms with Gasteiger partial charge in [-0.1, -0.05) is 24.3 Å². The van der Waals surface area contributed by atoms with Crippen LogP contribution in [-0.4, -0.2) is 56.4 Å². The maximum absolute atomic E-state index is 5.82. The van der Waals surface area contributed by atoms with Crippen molar-refractivity contribution in [1.82, 2.24) is 10.2 Å². The largest absolute Gasteiger partial charge is 0.381 e. The molecule has 5 nitrogen and oxygen atoms in total. The van der Waals surface area contributed by atoms with E-state index in [0.29, 0.717) is 6.54 Å². The maximum atomic E-state index is 5.82. The Morgan fingerprint density at radius 1 is 1.29 bits per heavy atom. The molecule has 3 rings (SSSR count). The second kappa shape index (κ2) is 7.99. The number of rotatable bonds is 4. The molecule has 2 heterocycles. The number of hydrogen-bond acceptors (Lipinski definition) is 3. The Labute approximate surface area is 145 Å². The van der Waals surface area contributed by atoms with Crippen LogP contribution in [-0.2, 0) is 22.4 Å². The van der Waals surface area contributed by atoms with E-state index in [4.69, 9.17) is 14.5 Å². The Bertz CT molecular complexity index is 567. The molecule has 1 fully saturated rings. The Morgan fingerprint density at radius 2 is 2.04 bits per heavy atom. The van der Waals surface area contributed by atoms with Crippen LogP contribution in [0.5, 0.6) is 0 Å². The van der Waals surface area contributed by atoms with E-state index in [1.165, 1.54) is 11.1 Å². The molecular formula is C19H29N3O2. The molecule has 0 aromatic heterocycles. The average molecular weight is 331 g/mol. The molecule has 1 saturated heterocycles. The third-order valence-corrected chi connectivity index (χ3v) is 5.12. The number of hydrogen-bond donors (Lipinski definition) is 1. The average Bonchev–Trinajstić information content (AvgIpc) is 2.65. The molecule has 0 radical (unpaired) electrons. The molecule has 0 bridgehead atoms. The van der Waals surface area contributed by atoms with Crippen LogP contribution in [0.15, 0.2) is 29.3 Å². The smallest absolute Gasteiger partial charge is 0.194 e. The third kappa shape index (κ3) is 3.90. The summed E-state index contributed by atoms with van der Waals surface area (Å²) < 4.78 is 11.3. The highest BCUT2D eigenvalue weighted by Crippen LogP contribution is 2.25. The van der Waals surface area contributed by atoms with Crippen molar-refractivity contribution in [2.75, 3.05) is 40.0 Å². The fourth-order valence-electron chi connectivity index (χ4n) is 3.49. The van der Waals surface area contributed by atoms with Gasteiger partial charge in [-0.25, -0.2) is 0 Å². The van der Waals surface area contributed by atoms with Gasteiger partial charge in [-0.05, 0) is 24.5 Å². The van der Waals surface area contributed by atoms with Crippen molar-refractivity contribution in [3.05, 3.63) is 35.4 Å². The lowest BCUT2D eigenvalue weighted by Crippen LogP contribution is -2.46. The van der Waals surface area contributed by atoms with Crippen LogP contribution in [0, 0.1) is 0 Å². The first-order valence-corrected chi connectivity index (χ1v) is 8.99. The van der Waals surface area contributed by atoms with E-state index < -0.39 is 0 Å². The van der Waals surface area contributed by atoms with Gasteiger partial charge < -0.3 is 19.7 Å². The number of methoxy groups -OCH3 is 1. The Morgan fingerprint density at radius 3 is 2.75 bits per heavy atom. The lowest BCUT2D eigenvalue weighted by atomic mass is 9.94. The van der Waals surface area contributed by atoms with Crippen molar-refractivity contribution in [3.63, 3.8) is 0 Å². The minimum Gasteiger partial charge on any atom is -0.381 e. The van der Waals surface area contributed by atoms with Crippen molar-refractivity contribution in [2.45, 2.75) is 38.3 Å². The van der Waals surface area contributed by atoms with E-state index >= 15 is 0 Å². The highest BCUT2D eigenvalue weighted by molar-refractivity contribution is 5.80. The number of ether oxygens (including phenoxy) is 2. The fraction of sp³-hybridized carbons (Fsp3) is 0.632. The van der Waals surface area contributed by atoms with Crippen molar-refractivity contribution in [1.29, 1.82) is 0 Å². The quantitative estimate of drug-likeness (QED) is 0.679. The molecule has 0 unspecified atom stereocenters. The SMILES string of the molecule is CCNC(=NCC1(OC)CCOCC1)N1CCc2ccccc2C1. The Kier molecular flexibility index (Phi) is 5.74. The monoisotopic (exact) mass is 331 g/mol. The molecule has 0 atom stereocenters. The summed E-state index contributed by atoms with van der Waals surface area (Å²) in [7, 11) is 1.80. The number of aliphatic imine (C=N–C) groups is 1. The molecule has 1 aromatic carbocycles. The molecule has 5 heteroatoms. The first-order valence-electron chi connectivity index (χ1n) is 8.99. The van der Waals surface area contributed by atoms with Crippen LogP contribution in [0.1, 0.15) is 30.9 Å². The zero-order valence-electron chi connectivity index (χ0n) is 14.9. The molecule has 1 aromatic rings. The van der Waals surface area contributed by atoms with Crippen molar-refractivity contribution in [2.24, 2.45) is 4.99 Å². The van der Waals surface area contributed by atoms with Gasteiger partial charge in [-0.2, -0.15) is 0 Å². The predicted octanol–water partition coefficient (Wildman–Crippen LogP) is 2.21. The van der Waals surface area contributed by atoms with E-state index in [1.54, 1.807) is 7.11 Å². The highest BCUT2D eigenvalue weighted by atomic mass is 16.5. The molecule has 2 aliphatic heterocycles. The lowest BCUT2D eigenvalue weighted by Gasteiger charge is -2.36. The van der Waals surface area contributed by atoms with E-state index in [1.807, 2.05) is 0 Å². The summed E-state index contributed by atoms with van der Waals surface area (Å²) in [5, 5.41) is 3.45. The zero-order chi connectivity index (χ0) is 16.8. The van der Waals surface area contributed by atoms with E-state index in [0.717, 1.165) is 58.1 Å². The molecule has 0 spiro atoms. The number of guanidine groups is 1. The normalized spacial score (nSPS) is 20.6. The van der Waals surface area contributed by atoms with Crippen LogP contribution in [0.2, 0.25) is 0 Å². The van der Waals surface area contributed by atoms with E-state index in [2.05, 4.69) is 41.4 Å². The van der Waals surface area contributed by atoms with Crippen LogP contribution in [0.25, 0.3) is 0 Å². The summed E-state index contributed by atoms with van der Waals surface area (Å²) in [5.74, 6) is 0.995. The van der Waals surface area contributed by atoms with Crippen LogP contribution in [0.4, 0.5) is 0 Å². The standard InChI is InChI=1S/C19H29N3O2/c1-3-20-18(21-15-19(23-2)9-12-24-13-10-19)22-11-8-16-6-4-5-7-17(16)14-22/h4-7H,3,8-15H2,1-2H3,(H,20,21). The van der Waals surface area contributed by atoms with Crippen LogP contribution in [0.3, 0.4) is 0 Å². The van der Waals surface area contributed by atoms with Gasteiger partial charge in [0.1, 0.15) is 0 Å². The lowest BCUT2D eigenvalue weighted by molar-refractivity contribution is -0.0829. The van der Waals surface area contributed by atoms with Gasteiger partial charge in [0.25, 0.3) is 0 Å². The molecule has 0 saturated carbocycles. The van der Waals surface area contributed by atoms with Crippen LogP contribution >= 0.6 is 0 Å². The summed E-state index contributed by atoms with van der Waals surface area (Å²) >= 11 is 0. The van der Waals surface area contributed by atoms with Crippen molar-refractivity contribution in [3.8, 4) is 0 Å². The summed E-state index contributed by atoms with van der Waals surface area (Å²) in [6, 6.07) is 8.70. The molecular weight excluding hydrogens is 302 g/mol. The van der Waals surface area contributed by atoms with Gasteiger partial charge in [0, 0.05) is 52.8 Å². The van der Waals surface area contributed by atoms with Gasteiger partial charge in [0.15, 0.2) is 5.96 Å². The Hall–Kier alpha value is -1.59. The highest BCUT2D eigenvalue weighted by Gasteiger charge is 2.32. The number of nitrogens with zero attached hydrogens (tertiary/aromatic N) is 2. The molecule has 0 amide bonds. The molecule has 24 heavy (non-hydrogen) atoms. The summed E-state index contributed by atoms with van der Waals surface area (Å²) in [4.78, 5) is 7.28. The zero-order valence-corrected chi connectivity index (χ0v) is 14.9. The minimum atomic E-state index is -0.174. The first kappa shape index (κ1) is 17.2. The van der Waals surface area contributed by atoms with Gasteiger partial charge in [-0.3, -0.25) is 4.99 Å². The number of fused-ring (bicyclic) bond motifs is 1. The van der Waals surface area contributed by atoms with Gasteiger partial charge >= 0.3 is 0 Å². The van der Waals surface area contributed by atoms with Crippen molar-refractivity contribution < 1.29 is 9.47 Å². The van der Waals surface area contributed by atoms with E-state index in [-0.39, 0.29) is 5.60 Å². The van der Waals surface area contributed by atoms with Crippen LogP contribution < -0.4 is 5.32 Å². The maximum Gasteiger partial charge on any atom is 0.194 e. The van der Waals surface area contributed by atoms with Gasteiger partial charge in [-0.15, -0.1) is 0 Å². The second-order valence-corrected chi connectivity index (χ2v) is 6.61. The summed E-state index contributed by atoms with van der Waals surface area (Å²) in [6.07, 6.45) is 2.90. The molecule has 0 aliphatic carbocycles. The topological polar surface area (TPSA) is 46.1 Å². The minimum absolute atomic E-state index is 0.174. The molecule has 2 aliphatic rings. The summed E-state index contributed by atoms with van der Waals surface area (Å²) in [5.41, 5.74) is 2.69. The fourth-order valence-corrected chi connectivity index (χ4v) is 3.49. The first-order chi connectivity index (χ1) is 11.8. The number of nitrogens with one attached hydrogen (secondary N) is 1. The van der Waals surface area contributed by atoms with Gasteiger partial charge in [0.05, 0.1) is 12.1 Å². The predicted molar refractivity (Wildman–Crippen MR) is 96.3 cm³/mol. The van der Waals surface area contributed by atoms with E-state index in [9.17, 15) is 0 Å². The third-order valence-electron chi connectivity index (χ3n) is 5.12. The summed E-state index contributed by atoms with van der Waals surface area (Å²) in [6.45, 7) is 7.13. The van der Waals surface area contributed by atoms with Gasteiger partial charge in [0.2, 0.25) is 0 Å². The molecule has 1 N–H and O–H groups in total.